The van der Waals surface area contributed by atoms with E-state index < -0.39 is 46.1 Å². The summed E-state index contributed by atoms with van der Waals surface area (Å²) in [6, 6.07) is 0. The highest BCUT2D eigenvalue weighted by Crippen LogP contribution is 2.00. The van der Waals surface area contributed by atoms with E-state index in [-0.39, 0.29) is 17.8 Å². The smallest absolute Gasteiger partial charge is 0.0266 e. The van der Waals surface area contributed by atoms with Gasteiger partial charge in [0.2, 0.25) is 0 Å². The molecule has 218 valence electrons. The van der Waals surface area contributed by atoms with E-state index >= 15 is 0 Å². The second kappa shape index (κ2) is 46.4. The molecule has 0 aromatic carbocycles. The van der Waals surface area contributed by atoms with Gasteiger partial charge in [0.25, 0.3) is 0 Å². The molecule has 0 aromatic rings. The molecule has 0 radical (unpaired) electrons. The predicted molar refractivity (Wildman–Crippen MR) is 171 cm³/mol. The molecule has 0 aliphatic carbocycles. The van der Waals surface area contributed by atoms with E-state index in [4.69, 9.17) is 20.6 Å². The van der Waals surface area contributed by atoms with Crippen LogP contribution in [0.1, 0.15) is 204 Å². The maximum Gasteiger partial charge on any atom is 0.0266 e. The van der Waals surface area contributed by atoms with E-state index in [0.717, 1.165) is 17.8 Å². The molecule has 0 spiro atoms. The molecule has 0 bridgehead atoms. The number of hydrogen-bond donors (Lipinski definition) is 0. The van der Waals surface area contributed by atoms with Crippen molar-refractivity contribution in [1.29, 1.82) is 0 Å². The van der Waals surface area contributed by atoms with Crippen molar-refractivity contribution in [1.82, 2.24) is 0 Å². The molecule has 0 aliphatic rings. The van der Waals surface area contributed by atoms with Gasteiger partial charge in [-0.3, -0.25) is 0 Å². The fourth-order valence-corrected chi connectivity index (χ4v) is 0.577. The summed E-state index contributed by atoms with van der Waals surface area (Å²) in [7, 11) is 0. The molecule has 0 amide bonds. The van der Waals surface area contributed by atoms with Crippen LogP contribution in [0.4, 0.5) is 0 Å². The van der Waals surface area contributed by atoms with E-state index in [1.165, 1.54) is 19.3 Å². The van der Waals surface area contributed by atoms with Crippen LogP contribution < -0.4 is 0 Å². The molecule has 0 unspecified atom stereocenters. The average molecular weight is 506 g/mol. The van der Waals surface area contributed by atoms with Crippen LogP contribution in [-0.4, -0.2) is 0 Å². The van der Waals surface area contributed by atoms with Gasteiger partial charge >= 0.3 is 0 Å². The molecular weight excluding hydrogens is 408 g/mol. The standard InChI is InChI=1S/C6H14.4C5H12.2C4H10/c1-4-5-6(2)3;4*1-4-5(2)3;2*1-4(2)3/h6H,4-5H2,1-3H3;4*5H,4H2,1-3H3;2*4H,1-3H3/i;1D3,4D2;1D2,4D2;1D3;;1D3;. The molecule has 0 rings (SSSR count). The Kier molecular flexibility index (Phi) is 28.6. The van der Waals surface area contributed by atoms with Crippen LogP contribution in [0.15, 0.2) is 0 Å². The quantitative estimate of drug-likeness (QED) is 0.336. The number of rotatable bonds is 6. The van der Waals surface area contributed by atoms with Crippen LogP contribution in [0, 0.1) is 41.4 Å². The molecule has 0 heterocycles. The zero-order chi connectivity index (χ0) is 41.9. The lowest BCUT2D eigenvalue weighted by atomic mass is 10.1. The normalized spacial score (nSPS) is 18.1. The minimum atomic E-state index is -2.50. The fourth-order valence-electron chi connectivity index (χ4n) is 0.577. The van der Waals surface area contributed by atoms with Gasteiger partial charge in [-0.15, -0.1) is 0 Å². The molecule has 34 heavy (non-hydrogen) atoms. The lowest BCUT2D eigenvalue weighted by Gasteiger charge is -1.95. The minimum absolute atomic E-state index is 0.201. The van der Waals surface area contributed by atoms with Gasteiger partial charge in [0, 0.05) is 20.6 Å². The maximum atomic E-state index is 7.14. The first-order valence-corrected chi connectivity index (χ1v) is 13.6. The summed E-state index contributed by atoms with van der Waals surface area (Å²) < 4.78 is 103. The molecule has 0 atom stereocenters. The Morgan fingerprint density at radius 1 is 0.500 bits per heavy atom. The zero-order valence-electron chi connectivity index (χ0n) is 41.9. The van der Waals surface area contributed by atoms with E-state index in [9.17, 15) is 0 Å². The monoisotopic (exact) mass is 506 g/mol. The molecule has 0 N–H and O–H groups in total. The van der Waals surface area contributed by atoms with Crippen molar-refractivity contribution in [2.24, 2.45) is 41.4 Å². The summed E-state index contributed by atoms with van der Waals surface area (Å²) in [5.74, 6) is 1.97. The second-order valence-corrected chi connectivity index (χ2v) is 11.1. The van der Waals surface area contributed by atoms with Crippen LogP contribution in [-0.2, 0) is 0 Å². The third kappa shape index (κ3) is 254. The predicted octanol–water partition coefficient (Wildman–Crippen LogP) is 14.0. The van der Waals surface area contributed by atoms with Gasteiger partial charge in [-0.25, -0.2) is 0 Å². The van der Waals surface area contributed by atoms with Gasteiger partial charge in [0.15, 0.2) is 0 Å². The van der Waals surface area contributed by atoms with Crippen LogP contribution >= 0.6 is 0 Å². The van der Waals surface area contributed by atoms with Gasteiger partial charge in [0.1, 0.15) is 0 Å². The van der Waals surface area contributed by atoms with Crippen LogP contribution in [0.25, 0.3) is 0 Å². The molecule has 0 fully saturated rings. The lowest BCUT2D eigenvalue weighted by Crippen LogP contribution is -1.81. The minimum Gasteiger partial charge on any atom is -0.0654 e. The topological polar surface area (TPSA) is 0 Å². The first-order chi connectivity index (χ1) is 21.2. The zero-order valence-corrected chi connectivity index (χ0v) is 26.9. The van der Waals surface area contributed by atoms with Crippen molar-refractivity contribution in [3.63, 3.8) is 0 Å². The van der Waals surface area contributed by atoms with Crippen molar-refractivity contribution in [2.45, 2.75) is 184 Å². The fraction of sp³-hybridized carbons (Fsp3) is 1.00. The molecule has 0 saturated carbocycles. The SMILES string of the molecule is CC(C)C.CCC(C)C.CCCC(C)C.[2H]C([2H])([2H])C(C)C.[2H]C([2H])([2H])C([2H])([2H])C(C)C.[2H]C([2H])([2H])CC(C)C.[2H]C([2H])C([2H])([2H])C(C)C. The Balaban J connectivity index is -0.0000000855. The third-order valence-electron chi connectivity index (χ3n) is 2.71. The van der Waals surface area contributed by atoms with Gasteiger partial charge in [-0.05, 0) is 41.4 Å². The highest BCUT2D eigenvalue weighted by Gasteiger charge is 1.85. The number of hydrogen-bond acceptors (Lipinski definition) is 0. The molecule has 0 aromatic heterocycles. The summed E-state index contributed by atoms with van der Waals surface area (Å²) in [4.78, 5) is 0. The van der Waals surface area contributed by atoms with Crippen molar-refractivity contribution in [3.05, 3.63) is 0 Å². The summed E-state index contributed by atoms with van der Waals surface area (Å²) in [6.07, 6.45) is 0.609. The Morgan fingerprint density at radius 3 is 0.853 bits per heavy atom. The van der Waals surface area contributed by atoms with Crippen LogP contribution in [0.5, 0.6) is 0 Å². The Hall–Kier alpha value is 0. The largest absolute Gasteiger partial charge is 0.0654 e. The van der Waals surface area contributed by atoms with Gasteiger partial charge in [-0.1, -0.05) is 184 Å². The van der Waals surface area contributed by atoms with Crippen LogP contribution in [0.2, 0.25) is 0 Å². The molecular formula is C34H82. The first-order valence-electron chi connectivity index (χ1n) is 21.2. The Bertz CT molecular complexity index is 658. The third-order valence-corrected chi connectivity index (χ3v) is 2.71. The second-order valence-electron chi connectivity index (χ2n) is 11.1. The molecule has 0 nitrogen and oxygen atoms in total. The highest BCUT2D eigenvalue weighted by molar-refractivity contribution is 4.39. The highest BCUT2D eigenvalue weighted by atomic mass is 13.9. The van der Waals surface area contributed by atoms with E-state index in [2.05, 4.69) is 62.3 Å². The van der Waals surface area contributed by atoms with Gasteiger partial charge in [-0.2, -0.15) is 0 Å². The summed E-state index contributed by atoms with van der Waals surface area (Å²) in [5, 5.41) is 0. The van der Waals surface area contributed by atoms with Crippen molar-refractivity contribution in [3.8, 4) is 0 Å². The van der Waals surface area contributed by atoms with E-state index in [1.807, 2.05) is 13.8 Å². The molecule has 0 saturated heterocycles. The van der Waals surface area contributed by atoms with Crippen molar-refractivity contribution < 1.29 is 20.6 Å². The van der Waals surface area contributed by atoms with Crippen molar-refractivity contribution in [2.75, 3.05) is 0 Å². The van der Waals surface area contributed by atoms with Crippen LogP contribution in [0.3, 0.4) is 0 Å². The Labute approximate surface area is 246 Å². The average Bonchev–Trinajstić information content (AvgIpc) is 2.82. The van der Waals surface area contributed by atoms with Gasteiger partial charge < -0.3 is 0 Å². The molecule has 0 heteroatoms. The lowest BCUT2D eigenvalue weighted by molar-refractivity contribution is 0.576. The molecule has 0 aliphatic heterocycles. The van der Waals surface area contributed by atoms with Gasteiger partial charge in [0.05, 0.1) is 0 Å². The maximum absolute atomic E-state index is 7.14. The Morgan fingerprint density at radius 2 is 0.853 bits per heavy atom. The first kappa shape index (κ1) is 21.0. The van der Waals surface area contributed by atoms with Crippen molar-refractivity contribution >= 4 is 0 Å². The summed E-state index contributed by atoms with van der Waals surface area (Å²) in [6.45, 7) is 26.2. The summed E-state index contributed by atoms with van der Waals surface area (Å²) in [5.41, 5.74) is 0. The summed E-state index contributed by atoms with van der Waals surface area (Å²) >= 11 is 0. The van der Waals surface area contributed by atoms with E-state index in [0.29, 0.717) is 6.42 Å². The van der Waals surface area contributed by atoms with E-state index in [1.54, 1.807) is 41.5 Å².